The molecule has 2 aliphatic rings. The van der Waals surface area contributed by atoms with Gasteiger partial charge in [0, 0.05) is 25.0 Å². The van der Waals surface area contributed by atoms with Gasteiger partial charge < -0.3 is 15.2 Å². The highest BCUT2D eigenvalue weighted by Gasteiger charge is 2.44. The highest BCUT2D eigenvalue weighted by Crippen LogP contribution is 2.42. The average molecular weight is 301 g/mol. The summed E-state index contributed by atoms with van der Waals surface area (Å²) in [6, 6.07) is 0.112. The van der Waals surface area contributed by atoms with E-state index in [4.69, 9.17) is 15.2 Å². The molecule has 2 saturated heterocycles. The molecule has 2 aliphatic heterocycles. The highest BCUT2D eigenvalue weighted by molar-refractivity contribution is 7.99. The van der Waals surface area contributed by atoms with Gasteiger partial charge in [-0.1, -0.05) is 20.8 Å². The van der Waals surface area contributed by atoms with E-state index in [1.54, 1.807) is 0 Å². The fraction of sp³-hybridized carbons (Fsp3) is 1.00. The van der Waals surface area contributed by atoms with Gasteiger partial charge in [-0.2, -0.15) is 11.8 Å². The van der Waals surface area contributed by atoms with Crippen LogP contribution in [0.4, 0.5) is 0 Å². The quantitative estimate of drug-likeness (QED) is 0.867. The summed E-state index contributed by atoms with van der Waals surface area (Å²) < 4.78 is 12.1. The minimum absolute atomic E-state index is 0.0886. The minimum atomic E-state index is 0.0886. The smallest absolute Gasteiger partial charge is 0.0783 e. The Morgan fingerprint density at radius 3 is 2.75 bits per heavy atom. The van der Waals surface area contributed by atoms with Crippen molar-refractivity contribution >= 4 is 11.8 Å². The normalized spacial score (nSPS) is 34.4. The number of rotatable bonds is 4. The van der Waals surface area contributed by atoms with Crippen LogP contribution in [0.25, 0.3) is 0 Å². The molecule has 0 aromatic rings. The van der Waals surface area contributed by atoms with Crippen LogP contribution in [-0.2, 0) is 9.47 Å². The molecule has 4 unspecified atom stereocenters. The van der Waals surface area contributed by atoms with Crippen molar-refractivity contribution in [2.24, 2.45) is 17.1 Å². The number of nitrogens with two attached hydrogens (primary N) is 1. The Hall–Kier alpha value is 0.230. The molecule has 2 heterocycles. The summed E-state index contributed by atoms with van der Waals surface area (Å²) in [5, 5.41) is 0. The van der Waals surface area contributed by atoms with Gasteiger partial charge in [0.25, 0.3) is 0 Å². The predicted octanol–water partition coefficient (Wildman–Crippen LogP) is 3.07. The van der Waals surface area contributed by atoms with E-state index < -0.39 is 0 Å². The Morgan fingerprint density at radius 2 is 2.20 bits per heavy atom. The average Bonchev–Trinajstić information content (AvgIpc) is 2.82. The zero-order chi connectivity index (χ0) is 14.8. The van der Waals surface area contributed by atoms with E-state index in [9.17, 15) is 0 Å². The van der Waals surface area contributed by atoms with E-state index >= 15 is 0 Å². The zero-order valence-corrected chi connectivity index (χ0v) is 14.3. The third kappa shape index (κ3) is 3.70. The molecule has 0 aliphatic carbocycles. The van der Waals surface area contributed by atoms with Crippen LogP contribution in [0.3, 0.4) is 0 Å². The predicted molar refractivity (Wildman–Crippen MR) is 86.2 cm³/mol. The van der Waals surface area contributed by atoms with Crippen molar-refractivity contribution in [1.29, 1.82) is 0 Å². The molecule has 2 N–H and O–H groups in total. The van der Waals surface area contributed by atoms with E-state index in [0.717, 1.165) is 31.8 Å². The second-order valence-electron chi connectivity index (χ2n) is 7.41. The maximum atomic E-state index is 6.63. The summed E-state index contributed by atoms with van der Waals surface area (Å²) in [5.74, 6) is 2.90. The minimum Gasteiger partial charge on any atom is -0.376 e. The Morgan fingerprint density at radius 1 is 1.45 bits per heavy atom. The molecule has 2 rings (SSSR count). The molecule has 0 saturated carbocycles. The van der Waals surface area contributed by atoms with Gasteiger partial charge >= 0.3 is 0 Å². The van der Waals surface area contributed by atoms with Crippen LogP contribution in [0.15, 0.2) is 0 Å². The first-order valence-electron chi connectivity index (χ1n) is 7.97. The third-order valence-corrected chi connectivity index (χ3v) is 5.91. The lowest BCUT2D eigenvalue weighted by Gasteiger charge is -2.44. The number of ether oxygens (including phenoxy) is 2. The van der Waals surface area contributed by atoms with E-state index in [0.29, 0.717) is 5.92 Å². The summed E-state index contributed by atoms with van der Waals surface area (Å²) in [4.78, 5) is 0. The molecule has 2 fully saturated rings. The van der Waals surface area contributed by atoms with Gasteiger partial charge in [-0.3, -0.25) is 0 Å². The first kappa shape index (κ1) is 16.6. The van der Waals surface area contributed by atoms with Crippen LogP contribution < -0.4 is 5.73 Å². The standard InChI is InChI=1S/C16H31NO2S/c1-5-18-14(15(2,3)4)13(17)12-6-8-19-16(10-12)7-9-20-11-16/h12-14H,5-11,17H2,1-4H3. The zero-order valence-electron chi connectivity index (χ0n) is 13.5. The molecule has 4 heteroatoms. The lowest BCUT2D eigenvalue weighted by Crippen LogP contribution is -2.53. The number of thioether (sulfide) groups is 1. The molecular formula is C16H31NO2S. The first-order chi connectivity index (χ1) is 9.38. The summed E-state index contributed by atoms with van der Waals surface area (Å²) in [5.41, 5.74) is 6.83. The van der Waals surface area contributed by atoms with E-state index in [2.05, 4.69) is 27.7 Å². The van der Waals surface area contributed by atoms with Gasteiger partial charge in [-0.15, -0.1) is 0 Å². The summed E-state index contributed by atoms with van der Waals surface area (Å²) in [7, 11) is 0. The molecule has 0 aromatic carbocycles. The van der Waals surface area contributed by atoms with Crippen molar-refractivity contribution < 1.29 is 9.47 Å². The maximum absolute atomic E-state index is 6.63. The van der Waals surface area contributed by atoms with Crippen LogP contribution in [0, 0.1) is 11.3 Å². The number of hydrogen-bond acceptors (Lipinski definition) is 4. The second-order valence-corrected chi connectivity index (χ2v) is 8.51. The molecule has 0 aromatic heterocycles. The summed E-state index contributed by atoms with van der Waals surface area (Å²) >= 11 is 2.02. The largest absolute Gasteiger partial charge is 0.376 e. The molecule has 0 bridgehead atoms. The van der Waals surface area contributed by atoms with Crippen molar-refractivity contribution in [3.05, 3.63) is 0 Å². The lowest BCUT2D eigenvalue weighted by atomic mass is 9.74. The van der Waals surface area contributed by atoms with Crippen molar-refractivity contribution in [3.63, 3.8) is 0 Å². The first-order valence-corrected chi connectivity index (χ1v) is 9.12. The van der Waals surface area contributed by atoms with Crippen molar-refractivity contribution in [3.8, 4) is 0 Å². The highest BCUT2D eigenvalue weighted by atomic mass is 32.2. The van der Waals surface area contributed by atoms with Gasteiger partial charge in [0.15, 0.2) is 0 Å². The number of hydrogen-bond donors (Lipinski definition) is 1. The van der Waals surface area contributed by atoms with Crippen molar-refractivity contribution in [2.75, 3.05) is 24.7 Å². The van der Waals surface area contributed by atoms with Gasteiger partial charge in [0.1, 0.15) is 0 Å². The fourth-order valence-corrected chi connectivity index (χ4v) is 5.00. The van der Waals surface area contributed by atoms with Gasteiger partial charge in [-0.25, -0.2) is 0 Å². The van der Waals surface area contributed by atoms with E-state index in [1.165, 1.54) is 12.2 Å². The van der Waals surface area contributed by atoms with Crippen LogP contribution >= 0.6 is 11.8 Å². The van der Waals surface area contributed by atoms with Crippen molar-refractivity contribution in [1.82, 2.24) is 0 Å². The molecule has 118 valence electrons. The molecule has 0 radical (unpaired) electrons. The molecule has 20 heavy (non-hydrogen) atoms. The van der Waals surface area contributed by atoms with Crippen molar-refractivity contribution in [2.45, 2.75) is 64.7 Å². The molecular weight excluding hydrogens is 270 g/mol. The van der Waals surface area contributed by atoms with Crippen LogP contribution in [-0.4, -0.2) is 42.5 Å². The topological polar surface area (TPSA) is 44.5 Å². The van der Waals surface area contributed by atoms with Gasteiger partial charge in [0.05, 0.1) is 11.7 Å². The fourth-order valence-electron chi connectivity index (χ4n) is 3.62. The summed E-state index contributed by atoms with van der Waals surface area (Å²) in [6.07, 6.45) is 3.51. The van der Waals surface area contributed by atoms with Crippen LogP contribution in [0.2, 0.25) is 0 Å². The Labute approximate surface area is 128 Å². The molecule has 4 atom stereocenters. The Bertz CT molecular complexity index is 310. The van der Waals surface area contributed by atoms with Crippen LogP contribution in [0.1, 0.15) is 47.0 Å². The SMILES string of the molecule is CCOC(C(N)C1CCOC2(CCSC2)C1)C(C)(C)C. The molecule has 3 nitrogen and oxygen atoms in total. The Kier molecular flexibility index (Phi) is 5.44. The monoisotopic (exact) mass is 301 g/mol. The second kappa shape index (κ2) is 6.55. The van der Waals surface area contributed by atoms with E-state index in [1.807, 2.05) is 11.8 Å². The maximum Gasteiger partial charge on any atom is 0.0783 e. The third-order valence-electron chi connectivity index (χ3n) is 4.69. The van der Waals surface area contributed by atoms with E-state index in [-0.39, 0.29) is 23.2 Å². The van der Waals surface area contributed by atoms with Crippen LogP contribution in [0.5, 0.6) is 0 Å². The lowest BCUT2D eigenvalue weighted by molar-refractivity contribution is -0.105. The van der Waals surface area contributed by atoms with Gasteiger partial charge in [0.2, 0.25) is 0 Å². The Balaban J connectivity index is 2.04. The summed E-state index contributed by atoms with van der Waals surface area (Å²) in [6.45, 7) is 10.3. The molecule has 1 spiro atoms. The molecule has 0 amide bonds. The van der Waals surface area contributed by atoms with Gasteiger partial charge in [-0.05, 0) is 43.3 Å².